The highest BCUT2D eigenvalue weighted by Crippen LogP contribution is 2.22. The number of ether oxygens (including phenoxy) is 1. The number of hydrogen-bond donors (Lipinski definition) is 1. The second-order valence-electron chi connectivity index (χ2n) is 10.2. The lowest BCUT2D eigenvalue weighted by molar-refractivity contribution is -0.141. The van der Waals surface area contributed by atoms with E-state index < -0.39 is 6.04 Å². The van der Waals surface area contributed by atoms with E-state index in [0.717, 1.165) is 54.5 Å². The van der Waals surface area contributed by atoms with Crippen molar-refractivity contribution in [2.24, 2.45) is 0 Å². The van der Waals surface area contributed by atoms with E-state index in [1.807, 2.05) is 54.6 Å². The smallest absolute Gasteiger partial charge is 0.243 e. The summed E-state index contributed by atoms with van der Waals surface area (Å²) in [5.74, 6) is 0.653. The fourth-order valence-electron chi connectivity index (χ4n) is 5.23. The molecule has 2 amide bonds. The maximum Gasteiger partial charge on any atom is 0.243 e. The van der Waals surface area contributed by atoms with E-state index in [0.29, 0.717) is 25.8 Å². The molecule has 0 bridgehead atoms. The molecule has 0 aromatic heterocycles. The second kappa shape index (κ2) is 13.8. The quantitative estimate of drug-likeness (QED) is 0.329. The van der Waals surface area contributed by atoms with Crippen LogP contribution in [0.5, 0.6) is 5.75 Å². The van der Waals surface area contributed by atoms with Gasteiger partial charge < -0.3 is 15.0 Å². The molecule has 1 N–H and O–H groups in total. The minimum absolute atomic E-state index is 0.0186. The van der Waals surface area contributed by atoms with Crippen LogP contribution in [-0.4, -0.2) is 35.9 Å². The van der Waals surface area contributed by atoms with E-state index in [-0.39, 0.29) is 17.9 Å². The summed E-state index contributed by atoms with van der Waals surface area (Å²) < 4.78 is 5.43. The van der Waals surface area contributed by atoms with Gasteiger partial charge in [-0.1, -0.05) is 86.5 Å². The van der Waals surface area contributed by atoms with Crippen LogP contribution in [0.25, 0.3) is 0 Å². The third-order valence-electron chi connectivity index (χ3n) is 7.52. The number of carbonyl (C=O) groups excluding carboxylic acids is 2. The summed E-state index contributed by atoms with van der Waals surface area (Å²) in [5, 5.41) is 3.27. The van der Waals surface area contributed by atoms with Crippen LogP contribution in [0.2, 0.25) is 0 Å². The number of amides is 2. The zero-order valence-electron chi connectivity index (χ0n) is 22.7. The molecule has 0 saturated heterocycles. The Morgan fingerprint density at radius 3 is 2.26 bits per heavy atom. The summed E-state index contributed by atoms with van der Waals surface area (Å²) >= 11 is 0. The number of carbonyl (C=O) groups is 2. The summed E-state index contributed by atoms with van der Waals surface area (Å²) in [6.45, 7) is 2.48. The van der Waals surface area contributed by atoms with Crippen LogP contribution >= 0.6 is 0 Å². The topological polar surface area (TPSA) is 58.6 Å². The minimum Gasteiger partial charge on any atom is -0.497 e. The molecule has 1 saturated carbocycles. The summed E-state index contributed by atoms with van der Waals surface area (Å²) in [4.78, 5) is 29.4. The van der Waals surface area contributed by atoms with Crippen molar-refractivity contribution in [3.63, 3.8) is 0 Å². The molecular formula is C33H40N2O3. The minimum atomic E-state index is -0.598. The van der Waals surface area contributed by atoms with Crippen LogP contribution in [0.3, 0.4) is 0 Å². The predicted molar refractivity (Wildman–Crippen MR) is 152 cm³/mol. The highest BCUT2D eigenvalue weighted by molar-refractivity contribution is 5.88. The van der Waals surface area contributed by atoms with Gasteiger partial charge in [0.15, 0.2) is 0 Å². The van der Waals surface area contributed by atoms with Crippen molar-refractivity contribution < 1.29 is 14.3 Å². The fourth-order valence-corrected chi connectivity index (χ4v) is 5.23. The lowest BCUT2D eigenvalue weighted by atomic mass is 10.0. The number of nitrogens with one attached hydrogen (secondary N) is 1. The molecule has 3 aromatic rings. The number of nitrogens with zero attached hydrogens (tertiary/aromatic N) is 1. The maximum absolute atomic E-state index is 13.9. The number of methoxy groups -OCH3 is 1. The highest BCUT2D eigenvalue weighted by atomic mass is 16.5. The van der Waals surface area contributed by atoms with Gasteiger partial charge in [0.2, 0.25) is 11.8 Å². The van der Waals surface area contributed by atoms with E-state index in [4.69, 9.17) is 4.74 Å². The molecule has 0 aliphatic heterocycles. The molecule has 1 fully saturated rings. The fraction of sp³-hybridized carbons (Fsp3) is 0.394. The normalized spacial score (nSPS) is 14.2. The lowest BCUT2D eigenvalue weighted by Crippen LogP contribution is -2.52. The third-order valence-corrected chi connectivity index (χ3v) is 7.52. The highest BCUT2D eigenvalue weighted by Gasteiger charge is 2.32. The van der Waals surface area contributed by atoms with E-state index in [2.05, 4.69) is 36.5 Å². The van der Waals surface area contributed by atoms with Crippen LogP contribution in [0.4, 0.5) is 0 Å². The molecule has 1 aliphatic rings. The molecule has 0 heterocycles. The van der Waals surface area contributed by atoms with Gasteiger partial charge in [-0.05, 0) is 60.1 Å². The van der Waals surface area contributed by atoms with Gasteiger partial charge in [-0.3, -0.25) is 9.59 Å². The first kappa shape index (κ1) is 27.4. The van der Waals surface area contributed by atoms with Crippen LogP contribution in [-0.2, 0) is 35.4 Å². The van der Waals surface area contributed by atoms with Gasteiger partial charge in [-0.15, -0.1) is 0 Å². The van der Waals surface area contributed by atoms with E-state index in [9.17, 15) is 9.59 Å². The van der Waals surface area contributed by atoms with Gasteiger partial charge in [0.25, 0.3) is 0 Å². The predicted octanol–water partition coefficient (Wildman–Crippen LogP) is 5.89. The van der Waals surface area contributed by atoms with Gasteiger partial charge >= 0.3 is 0 Å². The number of hydrogen-bond acceptors (Lipinski definition) is 3. The molecule has 0 spiro atoms. The molecule has 1 unspecified atom stereocenters. The molecule has 0 radical (unpaired) electrons. The van der Waals surface area contributed by atoms with Crippen molar-refractivity contribution in [2.45, 2.75) is 76.9 Å². The molecule has 4 rings (SSSR count). The van der Waals surface area contributed by atoms with Gasteiger partial charge in [-0.2, -0.15) is 0 Å². The largest absolute Gasteiger partial charge is 0.497 e. The van der Waals surface area contributed by atoms with Gasteiger partial charge in [-0.25, -0.2) is 0 Å². The number of benzene rings is 3. The molecular weight excluding hydrogens is 472 g/mol. The Labute approximate surface area is 227 Å². The van der Waals surface area contributed by atoms with Crippen molar-refractivity contribution in [1.29, 1.82) is 0 Å². The molecule has 5 nitrogen and oxygen atoms in total. The molecule has 1 atom stereocenters. The average molecular weight is 513 g/mol. The number of rotatable bonds is 12. The number of aryl methyl sites for hydroxylation is 2. The third kappa shape index (κ3) is 7.70. The van der Waals surface area contributed by atoms with Crippen molar-refractivity contribution in [2.75, 3.05) is 7.11 Å². The van der Waals surface area contributed by atoms with Crippen LogP contribution < -0.4 is 10.1 Å². The maximum atomic E-state index is 13.9. The standard InChI is InChI=1S/C33H40N2O3/c1-3-25-16-18-26(19-17-25)20-21-32(36)35(24-28-12-9-15-30(22-28)38-2)31(23-27-10-5-4-6-11-27)33(37)34-29-13-7-8-14-29/h4-6,9-12,15-19,22,29,31H,3,7-8,13-14,20-21,23-24H2,1-2H3,(H,34,37). The van der Waals surface area contributed by atoms with Crippen LogP contribution in [0.15, 0.2) is 78.9 Å². The Morgan fingerprint density at radius 1 is 0.895 bits per heavy atom. The first-order valence-corrected chi connectivity index (χ1v) is 13.9. The van der Waals surface area contributed by atoms with Crippen molar-refractivity contribution in [3.05, 3.63) is 101 Å². The van der Waals surface area contributed by atoms with Gasteiger partial charge in [0.05, 0.1) is 7.11 Å². The summed E-state index contributed by atoms with van der Waals surface area (Å²) in [6, 6.07) is 25.8. The van der Waals surface area contributed by atoms with E-state index >= 15 is 0 Å². The zero-order valence-corrected chi connectivity index (χ0v) is 22.7. The molecule has 38 heavy (non-hydrogen) atoms. The van der Waals surface area contributed by atoms with Crippen molar-refractivity contribution in [1.82, 2.24) is 10.2 Å². The van der Waals surface area contributed by atoms with Gasteiger partial charge in [0.1, 0.15) is 11.8 Å². The average Bonchev–Trinajstić information content (AvgIpc) is 3.47. The Bertz CT molecular complexity index is 1170. The SMILES string of the molecule is CCc1ccc(CCC(=O)N(Cc2cccc(OC)c2)C(Cc2ccccc2)C(=O)NC2CCCC2)cc1. The van der Waals surface area contributed by atoms with E-state index in [1.54, 1.807) is 12.0 Å². The second-order valence-corrected chi connectivity index (χ2v) is 10.2. The Kier molecular flexibility index (Phi) is 9.97. The van der Waals surface area contributed by atoms with Crippen LogP contribution in [0, 0.1) is 0 Å². The first-order chi connectivity index (χ1) is 18.6. The first-order valence-electron chi connectivity index (χ1n) is 13.9. The Morgan fingerprint density at radius 2 is 1.58 bits per heavy atom. The molecule has 3 aromatic carbocycles. The molecule has 1 aliphatic carbocycles. The lowest BCUT2D eigenvalue weighted by Gasteiger charge is -2.32. The zero-order chi connectivity index (χ0) is 26.7. The van der Waals surface area contributed by atoms with Crippen molar-refractivity contribution in [3.8, 4) is 5.75 Å². The summed E-state index contributed by atoms with van der Waals surface area (Å²) in [6.07, 6.45) is 6.72. The van der Waals surface area contributed by atoms with Crippen molar-refractivity contribution >= 4 is 11.8 Å². The Hall–Kier alpha value is -3.60. The monoisotopic (exact) mass is 512 g/mol. The van der Waals surface area contributed by atoms with Crippen LogP contribution in [0.1, 0.15) is 61.3 Å². The molecule has 200 valence electrons. The summed E-state index contributed by atoms with van der Waals surface area (Å²) in [5.41, 5.74) is 4.40. The Balaban J connectivity index is 1.60. The summed E-state index contributed by atoms with van der Waals surface area (Å²) in [7, 11) is 1.64. The van der Waals surface area contributed by atoms with Gasteiger partial charge in [0, 0.05) is 25.4 Å². The molecule has 5 heteroatoms. The van der Waals surface area contributed by atoms with E-state index in [1.165, 1.54) is 5.56 Å².